The van der Waals surface area contributed by atoms with Crippen molar-refractivity contribution in [2.75, 3.05) is 25.6 Å². The van der Waals surface area contributed by atoms with E-state index < -0.39 is 16.1 Å². The zero-order valence-electron chi connectivity index (χ0n) is 15.8. The van der Waals surface area contributed by atoms with Crippen LogP contribution in [0.4, 0.5) is 0 Å². The van der Waals surface area contributed by atoms with Gasteiger partial charge >= 0.3 is 11.9 Å². The van der Waals surface area contributed by atoms with E-state index in [1.54, 1.807) is 6.92 Å². The van der Waals surface area contributed by atoms with Gasteiger partial charge in [-0.25, -0.2) is 9.59 Å². The van der Waals surface area contributed by atoms with E-state index in [1.807, 2.05) is 0 Å². The van der Waals surface area contributed by atoms with Gasteiger partial charge in [-0.15, -0.1) is 0 Å². The van der Waals surface area contributed by atoms with E-state index in [2.05, 4.69) is 13.2 Å². The number of hydrogen-bond donors (Lipinski definition) is 0. The van der Waals surface area contributed by atoms with E-state index in [0.717, 1.165) is 32.1 Å². The number of ether oxygens (including phenoxy) is 2. The van der Waals surface area contributed by atoms with Crippen LogP contribution < -0.4 is 0 Å². The molecule has 0 saturated heterocycles. The van der Waals surface area contributed by atoms with Crippen LogP contribution in [0.1, 0.15) is 52.4 Å². The van der Waals surface area contributed by atoms with Crippen LogP contribution >= 0.6 is 0 Å². The molecule has 0 aliphatic heterocycles. The van der Waals surface area contributed by atoms with Crippen molar-refractivity contribution < 1.29 is 31.7 Å². The Labute approximate surface area is 156 Å². The summed E-state index contributed by atoms with van der Waals surface area (Å²) in [6.45, 7) is 10.1. The molecule has 8 heteroatoms. The molecule has 0 radical (unpaired) electrons. The fourth-order valence-corrected chi connectivity index (χ4v) is 2.85. The average Bonchev–Trinajstić information content (AvgIpc) is 2.56. The monoisotopic (exact) mass is 390 g/mol. The van der Waals surface area contributed by atoms with E-state index in [9.17, 15) is 18.0 Å². The highest BCUT2D eigenvalue weighted by molar-refractivity contribution is 7.86. The highest BCUT2D eigenvalue weighted by Gasteiger charge is 2.11. The minimum atomic E-state index is -3.60. The topological polar surface area (TPSA) is 96.0 Å². The van der Waals surface area contributed by atoms with Crippen LogP contribution in [0.25, 0.3) is 0 Å². The fourth-order valence-electron chi connectivity index (χ4n) is 1.85. The van der Waals surface area contributed by atoms with Gasteiger partial charge in [0, 0.05) is 11.1 Å². The second-order valence-corrected chi connectivity index (χ2v) is 7.80. The molecule has 0 N–H and O–H groups in total. The molecular formula is C18H30O7S. The normalized spacial score (nSPS) is 11.0. The van der Waals surface area contributed by atoms with E-state index in [-0.39, 0.29) is 30.5 Å². The predicted molar refractivity (Wildman–Crippen MR) is 99.0 cm³/mol. The molecule has 0 fully saturated rings. The quantitative estimate of drug-likeness (QED) is 0.184. The molecule has 7 nitrogen and oxygen atoms in total. The van der Waals surface area contributed by atoms with Gasteiger partial charge in [0.1, 0.15) is 13.2 Å². The average molecular weight is 390 g/mol. The minimum absolute atomic E-state index is 0.0579. The Morgan fingerprint density at radius 2 is 1.19 bits per heavy atom. The van der Waals surface area contributed by atoms with Crippen molar-refractivity contribution in [2.24, 2.45) is 0 Å². The van der Waals surface area contributed by atoms with E-state index in [1.165, 1.54) is 6.92 Å². The second kappa shape index (κ2) is 13.5. The zero-order valence-corrected chi connectivity index (χ0v) is 16.6. The van der Waals surface area contributed by atoms with Crippen LogP contribution in [0.15, 0.2) is 24.3 Å². The highest BCUT2D eigenvalue weighted by Crippen LogP contribution is 2.08. The first-order valence-corrected chi connectivity index (χ1v) is 10.3. The second-order valence-electron chi connectivity index (χ2n) is 6.04. The first-order chi connectivity index (χ1) is 12.2. The van der Waals surface area contributed by atoms with Crippen LogP contribution in [0, 0.1) is 0 Å². The molecule has 0 rings (SSSR count). The molecule has 0 aromatic heterocycles. The summed E-state index contributed by atoms with van der Waals surface area (Å²) >= 11 is 0. The largest absolute Gasteiger partial charge is 0.462 e. The summed E-state index contributed by atoms with van der Waals surface area (Å²) in [4.78, 5) is 22.3. The van der Waals surface area contributed by atoms with Crippen molar-refractivity contribution in [3.63, 3.8) is 0 Å². The lowest BCUT2D eigenvalue weighted by molar-refractivity contribution is -0.140. The molecule has 0 heterocycles. The summed E-state index contributed by atoms with van der Waals surface area (Å²) in [6.07, 6.45) is 4.84. The summed E-state index contributed by atoms with van der Waals surface area (Å²) in [5.74, 6) is -0.998. The lowest BCUT2D eigenvalue weighted by Crippen LogP contribution is -2.16. The molecule has 26 heavy (non-hydrogen) atoms. The van der Waals surface area contributed by atoms with Gasteiger partial charge in [0.05, 0.1) is 12.4 Å². The Morgan fingerprint density at radius 1 is 0.731 bits per heavy atom. The SMILES string of the molecule is C=C(C)C(=O)OCCCCCCCCS(=O)(=O)OCCOC(=O)C(=C)C. The summed E-state index contributed by atoms with van der Waals surface area (Å²) in [7, 11) is -3.60. The number of carbonyl (C=O) groups is 2. The molecule has 0 spiro atoms. The van der Waals surface area contributed by atoms with Crippen LogP contribution in [-0.2, 0) is 33.4 Å². The van der Waals surface area contributed by atoms with Crippen LogP contribution in [-0.4, -0.2) is 45.9 Å². The van der Waals surface area contributed by atoms with Crippen molar-refractivity contribution in [1.82, 2.24) is 0 Å². The minimum Gasteiger partial charge on any atom is -0.462 e. The number of carbonyl (C=O) groups excluding carboxylic acids is 2. The highest BCUT2D eigenvalue weighted by atomic mass is 32.2. The molecule has 0 bridgehead atoms. The van der Waals surface area contributed by atoms with Crippen molar-refractivity contribution >= 4 is 22.1 Å². The Bertz CT molecular complexity index is 578. The van der Waals surface area contributed by atoms with Crippen LogP contribution in [0.2, 0.25) is 0 Å². The van der Waals surface area contributed by atoms with E-state index in [4.69, 9.17) is 13.7 Å². The predicted octanol–water partition coefficient (Wildman–Crippen LogP) is 2.91. The van der Waals surface area contributed by atoms with Crippen molar-refractivity contribution in [1.29, 1.82) is 0 Å². The first-order valence-electron chi connectivity index (χ1n) is 8.68. The summed E-state index contributed by atoms with van der Waals surface area (Å²) in [5, 5.41) is 0. The molecule has 0 amide bonds. The van der Waals surface area contributed by atoms with E-state index >= 15 is 0 Å². The maximum Gasteiger partial charge on any atom is 0.333 e. The smallest absolute Gasteiger partial charge is 0.333 e. The lowest BCUT2D eigenvalue weighted by Gasteiger charge is -2.07. The maximum absolute atomic E-state index is 11.7. The standard InChI is InChI=1S/C18H30O7S/c1-15(2)17(19)23-11-9-7-5-6-8-10-14-26(21,22)25-13-12-24-18(20)16(3)4/h1,3,5-14H2,2,4H3. The van der Waals surface area contributed by atoms with Gasteiger partial charge in [-0.1, -0.05) is 38.8 Å². The van der Waals surface area contributed by atoms with Crippen LogP contribution in [0.3, 0.4) is 0 Å². The maximum atomic E-state index is 11.7. The van der Waals surface area contributed by atoms with Gasteiger partial charge in [0.25, 0.3) is 10.1 Å². The Kier molecular flexibility index (Phi) is 12.7. The Balaban J connectivity index is 3.59. The molecule has 0 unspecified atom stereocenters. The van der Waals surface area contributed by atoms with Crippen LogP contribution in [0.5, 0.6) is 0 Å². The number of esters is 2. The number of hydrogen-bond acceptors (Lipinski definition) is 7. The molecular weight excluding hydrogens is 360 g/mol. The number of rotatable bonds is 15. The zero-order chi connectivity index (χ0) is 20.0. The van der Waals surface area contributed by atoms with Crippen molar-refractivity contribution in [3.8, 4) is 0 Å². The van der Waals surface area contributed by atoms with Gasteiger partial charge in [0.2, 0.25) is 0 Å². The van der Waals surface area contributed by atoms with Crippen molar-refractivity contribution in [2.45, 2.75) is 52.4 Å². The number of unbranched alkanes of at least 4 members (excludes halogenated alkanes) is 5. The third-order valence-electron chi connectivity index (χ3n) is 3.30. The van der Waals surface area contributed by atoms with Crippen molar-refractivity contribution in [3.05, 3.63) is 24.3 Å². The van der Waals surface area contributed by atoms with Gasteiger partial charge in [-0.3, -0.25) is 4.18 Å². The molecule has 150 valence electrons. The van der Waals surface area contributed by atoms with Gasteiger partial charge in [0.15, 0.2) is 0 Å². The molecule has 0 aliphatic rings. The summed E-state index contributed by atoms with van der Waals surface area (Å²) in [6, 6.07) is 0. The molecule has 0 atom stereocenters. The molecule has 0 aromatic rings. The fraction of sp³-hybridized carbons (Fsp3) is 0.667. The van der Waals surface area contributed by atoms with Gasteiger partial charge in [-0.2, -0.15) is 8.42 Å². The lowest BCUT2D eigenvalue weighted by atomic mass is 10.1. The molecule has 0 aromatic carbocycles. The Morgan fingerprint density at radius 3 is 1.73 bits per heavy atom. The van der Waals surface area contributed by atoms with Gasteiger partial charge in [-0.05, 0) is 26.7 Å². The Hall–Kier alpha value is -1.67. The summed E-state index contributed by atoms with van der Waals surface area (Å²) < 4.78 is 37.8. The molecule has 0 aliphatic carbocycles. The summed E-state index contributed by atoms with van der Waals surface area (Å²) in [5.41, 5.74) is 0.643. The molecule has 0 saturated carbocycles. The third-order valence-corrected chi connectivity index (χ3v) is 4.61. The first kappa shape index (κ1) is 24.3. The van der Waals surface area contributed by atoms with Gasteiger partial charge < -0.3 is 9.47 Å². The van der Waals surface area contributed by atoms with E-state index in [0.29, 0.717) is 18.6 Å². The third kappa shape index (κ3) is 13.6.